The lowest BCUT2D eigenvalue weighted by molar-refractivity contribution is 0.826. The standard InChI is InChI=1S/C15H17N/c1-10(16)12-8-9-13(11-6-7-11)15-5-3-2-4-14(12)15/h2-5,8-11H,6-7,16H2,1H3. The van der Waals surface area contributed by atoms with Crippen LogP contribution in [0.2, 0.25) is 0 Å². The predicted octanol–water partition coefficient (Wildman–Crippen LogP) is 3.74. The van der Waals surface area contributed by atoms with Crippen molar-refractivity contribution in [3.63, 3.8) is 0 Å². The molecule has 0 spiro atoms. The molecule has 1 aliphatic carbocycles. The van der Waals surface area contributed by atoms with Crippen molar-refractivity contribution in [3.05, 3.63) is 47.5 Å². The maximum Gasteiger partial charge on any atom is 0.0272 e. The molecule has 1 nitrogen and oxygen atoms in total. The van der Waals surface area contributed by atoms with E-state index in [4.69, 9.17) is 5.73 Å². The molecule has 0 aliphatic heterocycles. The molecule has 3 rings (SSSR count). The first kappa shape index (κ1) is 9.86. The summed E-state index contributed by atoms with van der Waals surface area (Å²) < 4.78 is 0. The van der Waals surface area contributed by atoms with Crippen molar-refractivity contribution in [2.75, 3.05) is 0 Å². The second-order valence-electron chi connectivity index (χ2n) is 4.85. The minimum atomic E-state index is 0.109. The average molecular weight is 211 g/mol. The van der Waals surface area contributed by atoms with E-state index in [1.54, 1.807) is 0 Å². The molecule has 1 aliphatic rings. The molecule has 0 amide bonds. The molecule has 0 aromatic heterocycles. The molecule has 0 bridgehead atoms. The molecular formula is C15H17N. The largest absolute Gasteiger partial charge is 0.324 e. The van der Waals surface area contributed by atoms with Crippen molar-refractivity contribution in [1.29, 1.82) is 0 Å². The van der Waals surface area contributed by atoms with Gasteiger partial charge in [-0.25, -0.2) is 0 Å². The smallest absolute Gasteiger partial charge is 0.0272 e. The van der Waals surface area contributed by atoms with Crippen LogP contribution in [0.25, 0.3) is 10.8 Å². The van der Waals surface area contributed by atoms with E-state index in [1.165, 1.54) is 34.7 Å². The second-order valence-corrected chi connectivity index (χ2v) is 4.85. The van der Waals surface area contributed by atoms with E-state index in [1.807, 2.05) is 0 Å². The average Bonchev–Trinajstić information content (AvgIpc) is 3.11. The fourth-order valence-electron chi connectivity index (χ4n) is 2.49. The summed E-state index contributed by atoms with van der Waals surface area (Å²) in [7, 11) is 0. The number of nitrogens with two attached hydrogens (primary N) is 1. The van der Waals surface area contributed by atoms with Gasteiger partial charge in [-0.1, -0.05) is 36.4 Å². The zero-order chi connectivity index (χ0) is 11.1. The summed E-state index contributed by atoms with van der Waals surface area (Å²) in [4.78, 5) is 0. The van der Waals surface area contributed by atoms with Crippen molar-refractivity contribution >= 4 is 10.8 Å². The predicted molar refractivity (Wildman–Crippen MR) is 68.5 cm³/mol. The van der Waals surface area contributed by atoms with Crippen molar-refractivity contribution < 1.29 is 0 Å². The Morgan fingerprint density at radius 3 is 2.38 bits per heavy atom. The summed E-state index contributed by atoms with van der Waals surface area (Å²) in [5.41, 5.74) is 8.80. The zero-order valence-electron chi connectivity index (χ0n) is 9.61. The number of rotatable bonds is 2. The summed E-state index contributed by atoms with van der Waals surface area (Å²) in [5.74, 6) is 0.798. The van der Waals surface area contributed by atoms with Crippen LogP contribution in [0.1, 0.15) is 42.9 Å². The van der Waals surface area contributed by atoms with Gasteiger partial charge in [-0.05, 0) is 47.6 Å². The van der Waals surface area contributed by atoms with Crippen molar-refractivity contribution in [1.82, 2.24) is 0 Å². The van der Waals surface area contributed by atoms with Crippen molar-refractivity contribution in [2.24, 2.45) is 5.73 Å². The van der Waals surface area contributed by atoms with E-state index in [2.05, 4.69) is 43.3 Å². The first-order valence-corrected chi connectivity index (χ1v) is 6.04. The third-order valence-corrected chi connectivity index (χ3v) is 3.50. The van der Waals surface area contributed by atoms with Crippen LogP contribution in [0, 0.1) is 0 Å². The molecule has 2 aromatic carbocycles. The Balaban J connectivity index is 2.29. The van der Waals surface area contributed by atoms with Crippen molar-refractivity contribution in [2.45, 2.75) is 31.7 Å². The van der Waals surface area contributed by atoms with Gasteiger partial charge >= 0.3 is 0 Å². The number of hydrogen-bond donors (Lipinski definition) is 1. The molecule has 1 heteroatoms. The first-order valence-electron chi connectivity index (χ1n) is 6.04. The molecule has 16 heavy (non-hydrogen) atoms. The summed E-state index contributed by atoms with van der Waals surface area (Å²) in [5, 5.41) is 2.74. The van der Waals surface area contributed by atoms with Crippen LogP contribution in [0.5, 0.6) is 0 Å². The highest BCUT2D eigenvalue weighted by molar-refractivity contribution is 5.89. The van der Waals surface area contributed by atoms with Crippen LogP contribution in [0.3, 0.4) is 0 Å². The number of benzene rings is 2. The highest BCUT2D eigenvalue weighted by Gasteiger charge is 2.25. The van der Waals surface area contributed by atoms with Gasteiger partial charge < -0.3 is 5.73 Å². The molecule has 1 saturated carbocycles. The monoisotopic (exact) mass is 211 g/mol. The molecule has 0 radical (unpaired) electrons. The SMILES string of the molecule is CC(N)c1ccc(C2CC2)c2ccccc12. The fourth-order valence-corrected chi connectivity index (χ4v) is 2.49. The Hall–Kier alpha value is -1.34. The summed E-state index contributed by atoms with van der Waals surface area (Å²) in [6.45, 7) is 2.05. The quantitative estimate of drug-likeness (QED) is 0.804. The van der Waals surface area contributed by atoms with Crippen LogP contribution in [-0.2, 0) is 0 Å². The lowest BCUT2D eigenvalue weighted by atomic mass is 9.94. The molecule has 2 N–H and O–H groups in total. The molecule has 1 atom stereocenters. The molecule has 82 valence electrons. The normalized spacial score (nSPS) is 17.6. The third kappa shape index (κ3) is 1.52. The topological polar surface area (TPSA) is 26.0 Å². The van der Waals surface area contributed by atoms with E-state index in [-0.39, 0.29) is 6.04 Å². The van der Waals surface area contributed by atoms with Crippen LogP contribution >= 0.6 is 0 Å². The Bertz CT molecular complexity index is 483. The summed E-state index contributed by atoms with van der Waals surface area (Å²) in [6, 6.07) is 13.2. The van der Waals surface area contributed by atoms with Gasteiger partial charge in [-0.3, -0.25) is 0 Å². The lowest BCUT2D eigenvalue weighted by Gasteiger charge is -2.13. The Kier molecular flexibility index (Phi) is 2.22. The van der Waals surface area contributed by atoms with Gasteiger partial charge in [0.25, 0.3) is 0 Å². The number of hydrogen-bond acceptors (Lipinski definition) is 1. The van der Waals surface area contributed by atoms with Crippen LogP contribution in [0.15, 0.2) is 36.4 Å². The molecule has 0 saturated heterocycles. The molecule has 1 unspecified atom stereocenters. The van der Waals surface area contributed by atoms with Crippen molar-refractivity contribution in [3.8, 4) is 0 Å². The Morgan fingerprint density at radius 2 is 1.75 bits per heavy atom. The molecule has 1 fully saturated rings. The van der Waals surface area contributed by atoms with E-state index in [0.29, 0.717) is 0 Å². The summed E-state index contributed by atoms with van der Waals surface area (Å²) in [6.07, 6.45) is 2.70. The van der Waals surface area contributed by atoms with Gasteiger partial charge in [0.15, 0.2) is 0 Å². The van der Waals surface area contributed by atoms with Gasteiger partial charge in [0.1, 0.15) is 0 Å². The van der Waals surface area contributed by atoms with Crippen LogP contribution in [-0.4, -0.2) is 0 Å². The zero-order valence-corrected chi connectivity index (χ0v) is 9.61. The highest BCUT2D eigenvalue weighted by Crippen LogP contribution is 2.43. The van der Waals surface area contributed by atoms with Gasteiger partial charge in [-0.15, -0.1) is 0 Å². The van der Waals surface area contributed by atoms with E-state index in [0.717, 1.165) is 5.92 Å². The maximum atomic E-state index is 6.02. The van der Waals surface area contributed by atoms with E-state index in [9.17, 15) is 0 Å². The third-order valence-electron chi connectivity index (χ3n) is 3.50. The first-order chi connectivity index (χ1) is 7.77. The molecular weight excluding hydrogens is 194 g/mol. The van der Waals surface area contributed by atoms with Gasteiger partial charge in [0, 0.05) is 6.04 Å². The highest BCUT2D eigenvalue weighted by atomic mass is 14.6. The Labute approximate surface area is 96.3 Å². The minimum absolute atomic E-state index is 0.109. The van der Waals surface area contributed by atoms with Crippen LogP contribution in [0.4, 0.5) is 0 Å². The minimum Gasteiger partial charge on any atom is -0.324 e. The van der Waals surface area contributed by atoms with E-state index < -0.39 is 0 Å². The summed E-state index contributed by atoms with van der Waals surface area (Å²) >= 11 is 0. The Morgan fingerprint density at radius 1 is 1.06 bits per heavy atom. The van der Waals surface area contributed by atoms with Crippen LogP contribution < -0.4 is 5.73 Å². The van der Waals surface area contributed by atoms with Gasteiger partial charge in [-0.2, -0.15) is 0 Å². The lowest BCUT2D eigenvalue weighted by Crippen LogP contribution is -2.05. The maximum absolute atomic E-state index is 6.02. The van der Waals surface area contributed by atoms with Gasteiger partial charge in [0.2, 0.25) is 0 Å². The fraction of sp³-hybridized carbons (Fsp3) is 0.333. The number of fused-ring (bicyclic) bond motifs is 1. The second kappa shape index (κ2) is 3.60. The van der Waals surface area contributed by atoms with E-state index >= 15 is 0 Å². The molecule has 2 aromatic rings. The molecule has 0 heterocycles. The van der Waals surface area contributed by atoms with Gasteiger partial charge in [0.05, 0.1) is 0 Å².